The molecule has 0 spiro atoms. The van der Waals surface area contributed by atoms with Gasteiger partial charge >= 0.3 is 0 Å². The molecule has 3 atom stereocenters. The fourth-order valence-corrected chi connectivity index (χ4v) is 4.51. The maximum Gasteiger partial charge on any atom is 0.223 e. The van der Waals surface area contributed by atoms with E-state index in [1.54, 1.807) is 0 Å². The minimum atomic E-state index is -0.880. The van der Waals surface area contributed by atoms with E-state index in [0.717, 1.165) is 18.9 Å². The third-order valence-corrected chi connectivity index (χ3v) is 5.77. The standard InChI is InChI=1S/C19H24F2N2O2.ClH/c20-16-4-1-13(10-17(16)21)18-11-23(5-6-25-18)19(24)9-12-7-14-2-3-15(8-12)22-14;/h1,4,10,12,14-15,18,22H,2-3,5-9,11H2;1H. The second-order valence-corrected chi connectivity index (χ2v) is 7.55. The lowest BCUT2D eigenvalue weighted by Gasteiger charge is -2.35. The van der Waals surface area contributed by atoms with Gasteiger partial charge in [0.2, 0.25) is 5.91 Å². The Balaban J connectivity index is 0.00000196. The molecule has 3 fully saturated rings. The van der Waals surface area contributed by atoms with Crippen LogP contribution in [0.2, 0.25) is 0 Å². The zero-order valence-electron chi connectivity index (χ0n) is 14.6. The second kappa shape index (κ2) is 8.19. The molecule has 3 heterocycles. The number of carbonyl (C=O) groups is 1. The maximum absolute atomic E-state index is 13.5. The highest BCUT2D eigenvalue weighted by Crippen LogP contribution is 2.33. The molecule has 0 radical (unpaired) electrons. The van der Waals surface area contributed by atoms with Gasteiger partial charge in [-0.2, -0.15) is 0 Å². The van der Waals surface area contributed by atoms with Crippen molar-refractivity contribution in [1.82, 2.24) is 10.2 Å². The Morgan fingerprint density at radius 2 is 1.92 bits per heavy atom. The monoisotopic (exact) mass is 386 g/mol. The van der Waals surface area contributed by atoms with E-state index in [2.05, 4.69) is 5.32 Å². The molecule has 3 aliphatic heterocycles. The van der Waals surface area contributed by atoms with E-state index in [4.69, 9.17) is 4.74 Å². The van der Waals surface area contributed by atoms with Gasteiger partial charge in [-0.05, 0) is 49.3 Å². The number of benzene rings is 1. The molecule has 144 valence electrons. The first kappa shape index (κ1) is 19.5. The van der Waals surface area contributed by atoms with Crippen LogP contribution in [0, 0.1) is 17.6 Å². The van der Waals surface area contributed by atoms with Crippen LogP contribution >= 0.6 is 12.4 Å². The zero-order valence-corrected chi connectivity index (χ0v) is 15.4. The number of hydrogen-bond acceptors (Lipinski definition) is 3. The molecule has 26 heavy (non-hydrogen) atoms. The van der Waals surface area contributed by atoms with Crippen LogP contribution in [-0.4, -0.2) is 42.6 Å². The molecule has 4 nitrogen and oxygen atoms in total. The van der Waals surface area contributed by atoms with Crippen molar-refractivity contribution in [3.8, 4) is 0 Å². The SMILES string of the molecule is Cl.O=C(CC1CC2CCC(C1)N2)N1CCOC(c2ccc(F)c(F)c2)C1. The number of halogens is 3. The summed E-state index contributed by atoms with van der Waals surface area (Å²) in [4.78, 5) is 14.5. The van der Waals surface area contributed by atoms with Gasteiger partial charge in [-0.15, -0.1) is 12.4 Å². The molecule has 0 aromatic heterocycles. The van der Waals surface area contributed by atoms with E-state index in [9.17, 15) is 13.6 Å². The van der Waals surface area contributed by atoms with E-state index < -0.39 is 17.7 Å². The minimum absolute atomic E-state index is 0. The number of morpholine rings is 1. The van der Waals surface area contributed by atoms with Crippen LogP contribution in [-0.2, 0) is 9.53 Å². The number of carbonyl (C=O) groups excluding carboxylic acids is 1. The Kier molecular flexibility index (Phi) is 6.15. The topological polar surface area (TPSA) is 41.6 Å². The van der Waals surface area contributed by atoms with Crippen LogP contribution in [0.3, 0.4) is 0 Å². The van der Waals surface area contributed by atoms with Crippen molar-refractivity contribution in [2.75, 3.05) is 19.7 Å². The Hall–Kier alpha value is -1.24. The summed E-state index contributed by atoms with van der Waals surface area (Å²) in [6.45, 7) is 1.39. The van der Waals surface area contributed by atoms with E-state index in [1.807, 2.05) is 4.90 Å². The minimum Gasteiger partial charge on any atom is -0.370 e. The predicted octanol–water partition coefficient (Wildman–Crippen LogP) is 3.21. The van der Waals surface area contributed by atoms with Crippen molar-refractivity contribution in [1.29, 1.82) is 0 Å². The second-order valence-electron chi connectivity index (χ2n) is 7.55. The highest BCUT2D eigenvalue weighted by molar-refractivity contribution is 5.85. The third-order valence-electron chi connectivity index (χ3n) is 5.77. The average molecular weight is 387 g/mol. The van der Waals surface area contributed by atoms with Crippen LogP contribution in [0.15, 0.2) is 18.2 Å². The van der Waals surface area contributed by atoms with Crippen molar-refractivity contribution >= 4 is 18.3 Å². The lowest BCUT2D eigenvalue weighted by Crippen LogP contribution is -2.44. The lowest BCUT2D eigenvalue weighted by molar-refractivity contribution is -0.140. The fourth-order valence-electron chi connectivity index (χ4n) is 4.51. The molecule has 3 unspecified atom stereocenters. The number of piperidine rings is 1. The number of nitrogens with zero attached hydrogens (tertiary/aromatic N) is 1. The number of fused-ring (bicyclic) bond motifs is 2. The van der Waals surface area contributed by atoms with Crippen LogP contribution in [0.5, 0.6) is 0 Å². The Morgan fingerprint density at radius 3 is 2.62 bits per heavy atom. The molecule has 1 amide bonds. The number of rotatable bonds is 3. The van der Waals surface area contributed by atoms with Crippen LogP contribution < -0.4 is 5.32 Å². The van der Waals surface area contributed by atoms with E-state index in [1.165, 1.54) is 25.0 Å². The molecule has 1 aromatic carbocycles. The summed E-state index contributed by atoms with van der Waals surface area (Å²) < 4.78 is 32.3. The van der Waals surface area contributed by atoms with Gasteiger partial charge in [0.15, 0.2) is 11.6 Å². The number of ether oxygens (including phenoxy) is 1. The van der Waals surface area contributed by atoms with Gasteiger partial charge in [-0.3, -0.25) is 4.79 Å². The molecule has 4 rings (SSSR count). The van der Waals surface area contributed by atoms with Crippen molar-refractivity contribution in [2.45, 2.75) is 50.3 Å². The Bertz CT molecular complexity index is 648. The molecule has 1 aromatic rings. The normalized spacial score (nSPS) is 30.8. The first-order valence-electron chi connectivity index (χ1n) is 9.19. The van der Waals surface area contributed by atoms with Crippen LogP contribution in [0.4, 0.5) is 8.78 Å². The molecule has 3 saturated heterocycles. The smallest absolute Gasteiger partial charge is 0.223 e. The van der Waals surface area contributed by atoms with Gasteiger partial charge in [0, 0.05) is 25.0 Å². The van der Waals surface area contributed by atoms with Gasteiger partial charge in [0.1, 0.15) is 6.10 Å². The Labute approximate surface area is 158 Å². The third kappa shape index (κ3) is 4.18. The first-order valence-corrected chi connectivity index (χ1v) is 9.19. The molecule has 3 aliphatic rings. The molecular weight excluding hydrogens is 362 g/mol. The molecular formula is C19H25ClF2N2O2. The van der Waals surface area contributed by atoms with Gasteiger partial charge in [0.05, 0.1) is 13.2 Å². The molecule has 1 N–H and O–H groups in total. The van der Waals surface area contributed by atoms with Crippen LogP contribution in [0.1, 0.15) is 43.8 Å². The van der Waals surface area contributed by atoms with E-state index >= 15 is 0 Å². The van der Waals surface area contributed by atoms with Crippen molar-refractivity contribution in [2.24, 2.45) is 5.92 Å². The molecule has 0 aliphatic carbocycles. The quantitative estimate of drug-likeness (QED) is 0.867. The summed E-state index contributed by atoms with van der Waals surface area (Å²) in [6, 6.07) is 4.96. The van der Waals surface area contributed by atoms with Gasteiger partial charge in [-0.1, -0.05) is 6.07 Å². The number of hydrogen-bond donors (Lipinski definition) is 1. The summed E-state index contributed by atoms with van der Waals surface area (Å²) in [6.07, 6.45) is 4.81. The number of amides is 1. The summed E-state index contributed by atoms with van der Waals surface area (Å²) >= 11 is 0. The van der Waals surface area contributed by atoms with E-state index in [0.29, 0.717) is 49.7 Å². The highest BCUT2D eigenvalue weighted by Gasteiger charge is 2.35. The average Bonchev–Trinajstić information content (AvgIpc) is 2.96. The summed E-state index contributed by atoms with van der Waals surface area (Å²) in [5.74, 6) is -1.14. The highest BCUT2D eigenvalue weighted by atomic mass is 35.5. The maximum atomic E-state index is 13.5. The van der Waals surface area contributed by atoms with Crippen molar-refractivity contribution < 1.29 is 18.3 Å². The van der Waals surface area contributed by atoms with E-state index in [-0.39, 0.29) is 18.3 Å². The van der Waals surface area contributed by atoms with Crippen LogP contribution in [0.25, 0.3) is 0 Å². The van der Waals surface area contributed by atoms with Crippen molar-refractivity contribution in [3.63, 3.8) is 0 Å². The van der Waals surface area contributed by atoms with Gasteiger partial charge in [-0.25, -0.2) is 8.78 Å². The lowest BCUT2D eigenvalue weighted by atomic mass is 9.89. The molecule has 2 bridgehead atoms. The predicted molar refractivity (Wildman–Crippen MR) is 96.2 cm³/mol. The largest absolute Gasteiger partial charge is 0.370 e. The number of nitrogens with one attached hydrogen (secondary N) is 1. The van der Waals surface area contributed by atoms with Gasteiger partial charge in [0.25, 0.3) is 0 Å². The summed E-state index contributed by atoms with van der Waals surface area (Å²) in [5.41, 5.74) is 0.580. The Morgan fingerprint density at radius 1 is 1.19 bits per heavy atom. The first-order chi connectivity index (χ1) is 12.1. The van der Waals surface area contributed by atoms with Crippen molar-refractivity contribution in [3.05, 3.63) is 35.4 Å². The molecule has 7 heteroatoms. The summed E-state index contributed by atoms with van der Waals surface area (Å²) in [5, 5.41) is 3.60. The fraction of sp³-hybridized carbons (Fsp3) is 0.632. The van der Waals surface area contributed by atoms with Gasteiger partial charge < -0.3 is 15.0 Å². The summed E-state index contributed by atoms with van der Waals surface area (Å²) in [7, 11) is 0. The molecule has 0 saturated carbocycles. The zero-order chi connectivity index (χ0) is 17.4.